The molecule has 25 heavy (non-hydrogen) atoms. The standard InChI is InChI=1S/C17H17N5O3/c1-11-19-15(20-25-11)12-5-4-7-21(10-12)16(23)13-9-18-14-6-2-3-8-22(14)17(13)24/h2-3,6,8-9,12H,4-5,7,10H2,1H3/t12-/m0/s1. The van der Waals surface area contributed by atoms with Gasteiger partial charge in [0.05, 0.1) is 0 Å². The van der Waals surface area contributed by atoms with Crippen LogP contribution in [0, 0.1) is 6.92 Å². The summed E-state index contributed by atoms with van der Waals surface area (Å²) in [5.41, 5.74) is 0.240. The number of hydrogen-bond donors (Lipinski definition) is 0. The van der Waals surface area contributed by atoms with E-state index in [0.29, 0.717) is 30.5 Å². The van der Waals surface area contributed by atoms with Crippen LogP contribution in [-0.4, -0.2) is 43.4 Å². The van der Waals surface area contributed by atoms with Crippen molar-refractivity contribution in [2.75, 3.05) is 13.1 Å². The second kappa shape index (κ2) is 6.12. The van der Waals surface area contributed by atoms with E-state index < -0.39 is 0 Å². The largest absolute Gasteiger partial charge is 0.340 e. The third-order valence-corrected chi connectivity index (χ3v) is 4.46. The van der Waals surface area contributed by atoms with Crippen molar-refractivity contribution >= 4 is 11.6 Å². The van der Waals surface area contributed by atoms with Gasteiger partial charge in [-0.1, -0.05) is 11.2 Å². The van der Waals surface area contributed by atoms with Crippen LogP contribution in [0.1, 0.15) is 40.8 Å². The van der Waals surface area contributed by atoms with Gasteiger partial charge in [-0.25, -0.2) is 4.98 Å². The zero-order valence-electron chi connectivity index (χ0n) is 13.8. The van der Waals surface area contributed by atoms with Crippen LogP contribution in [0.2, 0.25) is 0 Å². The highest BCUT2D eigenvalue weighted by atomic mass is 16.5. The molecule has 1 fully saturated rings. The fourth-order valence-electron chi connectivity index (χ4n) is 3.20. The van der Waals surface area contributed by atoms with Crippen LogP contribution in [-0.2, 0) is 0 Å². The third-order valence-electron chi connectivity index (χ3n) is 4.46. The number of carbonyl (C=O) groups is 1. The Hall–Kier alpha value is -3.03. The van der Waals surface area contributed by atoms with Crippen LogP contribution in [0.5, 0.6) is 0 Å². The van der Waals surface area contributed by atoms with E-state index in [1.807, 2.05) is 0 Å². The van der Waals surface area contributed by atoms with Crippen LogP contribution < -0.4 is 5.56 Å². The molecule has 1 aliphatic heterocycles. The van der Waals surface area contributed by atoms with Gasteiger partial charge in [0.1, 0.15) is 11.2 Å². The van der Waals surface area contributed by atoms with Gasteiger partial charge in [0.15, 0.2) is 5.82 Å². The van der Waals surface area contributed by atoms with Crippen molar-refractivity contribution in [2.45, 2.75) is 25.7 Å². The van der Waals surface area contributed by atoms with Gasteiger partial charge in [0.25, 0.3) is 11.5 Å². The molecule has 3 aromatic heterocycles. The number of nitrogens with zero attached hydrogens (tertiary/aromatic N) is 5. The minimum Gasteiger partial charge on any atom is -0.340 e. The number of carbonyl (C=O) groups excluding carboxylic acids is 1. The number of piperidine rings is 1. The summed E-state index contributed by atoms with van der Waals surface area (Å²) in [6, 6.07) is 5.26. The first-order chi connectivity index (χ1) is 12.1. The molecule has 0 spiro atoms. The molecule has 4 rings (SSSR count). The average Bonchev–Trinajstić information content (AvgIpc) is 3.08. The Kier molecular flexibility index (Phi) is 3.79. The smallest absolute Gasteiger partial charge is 0.270 e. The third kappa shape index (κ3) is 2.79. The number of aromatic nitrogens is 4. The van der Waals surface area contributed by atoms with Gasteiger partial charge in [-0.2, -0.15) is 4.98 Å². The van der Waals surface area contributed by atoms with Crippen LogP contribution in [0.3, 0.4) is 0 Å². The number of likely N-dealkylation sites (tertiary alicyclic amines) is 1. The number of hydrogen-bond acceptors (Lipinski definition) is 6. The number of fused-ring (bicyclic) bond motifs is 1. The highest BCUT2D eigenvalue weighted by Gasteiger charge is 2.29. The maximum atomic E-state index is 12.9. The van der Waals surface area contributed by atoms with Crippen molar-refractivity contribution in [3.05, 3.63) is 58.2 Å². The highest BCUT2D eigenvalue weighted by Crippen LogP contribution is 2.25. The number of pyridine rings is 1. The molecule has 1 atom stereocenters. The molecule has 0 bridgehead atoms. The summed E-state index contributed by atoms with van der Waals surface area (Å²) in [7, 11) is 0. The first-order valence-electron chi connectivity index (χ1n) is 8.19. The van der Waals surface area contributed by atoms with Crippen LogP contribution in [0.4, 0.5) is 0 Å². The molecule has 0 radical (unpaired) electrons. The Morgan fingerprint density at radius 3 is 3.04 bits per heavy atom. The van der Waals surface area contributed by atoms with Crippen molar-refractivity contribution in [2.24, 2.45) is 0 Å². The second-order valence-corrected chi connectivity index (χ2v) is 6.17. The quantitative estimate of drug-likeness (QED) is 0.701. The molecule has 0 saturated carbocycles. The van der Waals surface area contributed by atoms with Crippen molar-refractivity contribution in [3.8, 4) is 0 Å². The Bertz CT molecular complexity index is 993. The van der Waals surface area contributed by atoms with E-state index in [1.165, 1.54) is 10.6 Å². The summed E-state index contributed by atoms with van der Waals surface area (Å²) in [5.74, 6) is 0.839. The molecule has 1 amide bonds. The van der Waals surface area contributed by atoms with Crippen LogP contribution >= 0.6 is 0 Å². The summed E-state index contributed by atoms with van der Waals surface area (Å²) < 4.78 is 6.42. The number of amides is 1. The average molecular weight is 339 g/mol. The van der Waals surface area contributed by atoms with E-state index in [2.05, 4.69) is 15.1 Å². The van der Waals surface area contributed by atoms with Gasteiger partial charge in [0, 0.05) is 38.3 Å². The molecule has 8 heteroatoms. The maximum Gasteiger partial charge on any atom is 0.270 e. The zero-order chi connectivity index (χ0) is 17.4. The van der Waals surface area contributed by atoms with Gasteiger partial charge in [-0.05, 0) is 25.0 Å². The van der Waals surface area contributed by atoms with E-state index in [4.69, 9.17) is 4.52 Å². The van der Waals surface area contributed by atoms with Crippen molar-refractivity contribution < 1.29 is 9.32 Å². The lowest BCUT2D eigenvalue weighted by atomic mass is 9.97. The number of aryl methyl sites for hydroxylation is 1. The molecule has 4 heterocycles. The summed E-state index contributed by atoms with van der Waals surface area (Å²) in [6.07, 6.45) is 4.69. The van der Waals surface area contributed by atoms with Gasteiger partial charge in [-0.3, -0.25) is 14.0 Å². The van der Waals surface area contributed by atoms with Crippen molar-refractivity contribution in [3.63, 3.8) is 0 Å². The summed E-state index contributed by atoms with van der Waals surface area (Å²) in [6.45, 7) is 2.81. The first-order valence-corrected chi connectivity index (χ1v) is 8.19. The lowest BCUT2D eigenvalue weighted by molar-refractivity contribution is 0.0701. The topological polar surface area (TPSA) is 93.6 Å². The molecule has 8 nitrogen and oxygen atoms in total. The monoisotopic (exact) mass is 339 g/mol. The van der Waals surface area contributed by atoms with E-state index in [9.17, 15) is 9.59 Å². The summed E-state index contributed by atoms with van der Waals surface area (Å²) >= 11 is 0. The second-order valence-electron chi connectivity index (χ2n) is 6.17. The molecule has 0 unspecified atom stereocenters. The van der Waals surface area contributed by atoms with Gasteiger partial charge in [-0.15, -0.1) is 0 Å². The molecule has 0 N–H and O–H groups in total. The van der Waals surface area contributed by atoms with E-state index in [1.54, 1.807) is 36.2 Å². The van der Waals surface area contributed by atoms with Crippen molar-refractivity contribution in [1.29, 1.82) is 0 Å². The lowest BCUT2D eigenvalue weighted by Gasteiger charge is -2.31. The predicted molar refractivity (Wildman–Crippen MR) is 88.4 cm³/mol. The Morgan fingerprint density at radius 2 is 2.24 bits per heavy atom. The Balaban J connectivity index is 1.62. The van der Waals surface area contributed by atoms with Crippen LogP contribution in [0.25, 0.3) is 5.65 Å². The minimum absolute atomic E-state index is 0.0197. The predicted octanol–water partition coefficient (Wildman–Crippen LogP) is 1.41. The first kappa shape index (κ1) is 15.5. The van der Waals surface area contributed by atoms with Crippen LogP contribution in [0.15, 0.2) is 39.9 Å². The summed E-state index contributed by atoms with van der Waals surface area (Å²) in [4.78, 5) is 35.6. The Morgan fingerprint density at radius 1 is 1.36 bits per heavy atom. The van der Waals surface area contributed by atoms with Gasteiger partial charge in [0.2, 0.25) is 5.89 Å². The van der Waals surface area contributed by atoms with Crippen molar-refractivity contribution in [1.82, 2.24) is 24.4 Å². The summed E-state index contributed by atoms with van der Waals surface area (Å²) in [5, 5.41) is 3.96. The number of rotatable bonds is 2. The Labute approximate surface area is 143 Å². The molecule has 0 aliphatic carbocycles. The fraction of sp³-hybridized carbons (Fsp3) is 0.353. The maximum absolute atomic E-state index is 12.9. The highest BCUT2D eigenvalue weighted by molar-refractivity contribution is 5.93. The SMILES string of the molecule is Cc1nc([C@H]2CCCN(C(=O)c3cnc4ccccn4c3=O)C2)no1. The molecular weight excluding hydrogens is 322 g/mol. The zero-order valence-corrected chi connectivity index (χ0v) is 13.8. The minimum atomic E-state index is -0.354. The normalized spacial score (nSPS) is 17.8. The fourth-order valence-corrected chi connectivity index (χ4v) is 3.20. The van der Waals surface area contributed by atoms with Gasteiger partial charge < -0.3 is 9.42 Å². The molecular formula is C17H17N5O3. The van der Waals surface area contributed by atoms with E-state index in [0.717, 1.165) is 12.8 Å². The molecule has 128 valence electrons. The molecule has 3 aromatic rings. The lowest BCUT2D eigenvalue weighted by Crippen LogP contribution is -2.41. The van der Waals surface area contributed by atoms with Gasteiger partial charge >= 0.3 is 0 Å². The van der Waals surface area contributed by atoms with E-state index >= 15 is 0 Å². The molecule has 1 aliphatic rings. The molecule has 0 aromatic carbocycles. The molecule has 1 saturated heterocycles. The van der Waals surface area contributed by atoms with E-state index in [-0.39, 0.29) is 22.9 Å².